The van der Waals surface area contributed by atoms with Crippen LogP contribution >= 0.6 is 0 Å². The predicted octanol–water partition coefficient (Wildman–Crippen LogP) is 2.23. The zero-order chi connectivity index (χ0) is 17.4. The van der Waals surface area contributed by atoms with Gasteiger partial charge in [0.1, 0.15) is 18.9 Å². The highest BCUT2D eigenvalue weighted by atomic mass is 16.5. The first-order valence-corrected chi connectivity index (χ1v) is 7.54. The Bertz CT molecular complexity index is 674. The first kappa shape index (κ1) is 17.4. The molecule has 7 heteroatoms. The molecule has 0 radical (unpaired) electrons. The van der Waals surface area contributed by atoms with Gasteiger partial charge >= 0.3 is 5.97 Å². The van der Waals surface area contributed by atoms with Crippen LogP contribution in [0, 0.1) is 0 Å². The molecule has 0 spiro atoms. The van der Waals surface area contributed by atoms with Gasteiger partial charge in [-0.15, -0.1) is 0 Å². The topological polar surface area (TPSA) is 95.7 Å². The summed E-state index contributed by atoms with van der Waals surface area (Å²) < 4.78 is 15.6. The summed E-state index contributed by atoms with van der Waals surface area (Å²) in [6.45, 7) is 2.49. The van der Waals surface area contributed by atoms with E-state index in [1.807, 2.05) is 24.3 Å². The lowest BCUT2D eigenvalue weighted by atomic mass is 10.2. The molecule has 1 aromatic heterocycles. The molecule has 0 atom stereocenters. The number of nitrogen functional groups attached to an aromatic ring is 1. The number of nitrogens with zero attached hydrogens (tertiary/aromatic N) is 1. The van der Waals surface area contributed by atoms with E-state index >= 15 is 0 Å². The Morgan fingerprint density at radius 2 is 1.96 bits per heavy atom. The van der Waals surface area contributed by atoms with Gasteiger partial charge in [-0.1, -0.05) is 12.1 Å². The molecule has 0 aliphatic rings. The van der Waals surface area contributed by atoms with Gasteiger partial charge in [0.15, 0.2) is 5.82 Å². The maximum Gasteiger partial charge on any atom is 0.325 e. The fourth-order valence-corrected chi connectivity index (χ4v) is 1.94. The van der Waals surface area contributed by atoms with E-state index < -0.39 is 0 Å². The van der Waals surface area contributed by atoms with Crippen LogP contribution in [0.4, 0.5) is 11.5 Å². The van der Waals surface area contributed by atoms with Crippen molar-refractivity contribution >= 4 is 17.5 Å². The molecule has 1 heterocycles. The molecule has 0 unspecified atom stereocenters. The summed E-state index contributed by atoms with van der Waals surface area (Å²) in [4.78, 5) is 15.5. The van der Waals surface area contributed by atoms with Crippen molar-refractivity contribution in [1.29, 1.82) is 0 Å². The molecule has 2 aromatic rings. The van der Waals surface area contributed by atoms with Crippen LogP contribution in [0.1, 0.15) is 12.5 Å². The second-order valence-corrected chi connectivity index (χ2v) is 4.88. The first-order chi connectivity index (χ1) is 11.6. The quantitative estimate of drug-likeness (QED) is 0.716. The normalized spacial score (nSPS) is 10.1. The number of methoxy groups -OCH3 is 1. The van der Waals surface area contributed by atoms with Crippen molar-refractivity contribution in [2.45, 2.75) is 13.5 Å². The molecule has 0 saturated heterocycles. The number of aromatic nitrogens is 1. The molecule has 128 valence electrons. The third-order valence-corrected chi connectivity index (χ3v) is 3.17. The van der Waals surface area contributed by atoms with Crippen LogP contribution < -0.4 is 20.5 Å². The second kappa shape index (κ2) is 8.61. The summed E-state index contributed by atoms with van der Waals surface area (Å²) in [5, 5.41) is 2.88. The fourth-order valence-electron chi connectivity index (χ4n) is 1.94. The van der Waals surface area contributed by atoms with Crippen molar-refractivity contribution in [3.63, 3.8) is 0 Å². The highest BCUT2D eigenvalue weighted by Gasteiger charge is 2.07. The van der Waals surface area contributed by atoms with Crippen molar-refractivity contribution in [2.24, 2.45) is 0 Å². The number of anilines is 2. The fraction of sp³-hybridized carbons (Fsp3) is 0.294. The third kappa shape index (κ3) is 5.05. The van der Waals surface area contributed by atoms with Crippen LogP contribution in [0.25, 0.3) is 0 Å². The van der Waals surface area contributed by atoms with Gasteiger partial charge in [0.2, 0.25) is 5.88 Å². The van der Waals surface area contributed by atoms with Gasteiger partial charge in [0.25, 0.3) is 0 Å². The molecule has 7 nitrogen and oxygen atoms in total. The van der Waals surface area contributed by atoms with Crippen molar-refractivity contribution in [3.8, 4) is 11.6 Å². The predicted molar refractivity (Wildman–Crippen MR) is 91.1 cm³/mol. The molecular formula is C17H21N3O4. The Morgan fingerprint density at radius 1 is 1.21 bits per heavy atom. The molecule has 0 aliphatic carbocycles. The van der Waals surface area contributed by atoms with Crippen LogP contribution in [-0.4, -0.2) is 31.2 Å². The molecule has 0 fully saturated rings. The Labute approximate surface area is 140 Å². The Kier molecular flexibility index (Phi) is 6.24. The molecule has 0 aliphatic heterocycles. The standard InChI is InChI=1S/C17H21N3O4/c1-3-23-16(21)10-19-14-8-9-15(20-17(14)18)24-11-12-4-6-13(22-2)7-5-12/h4-9,19H,3,10-11H2,1-2H3,(H2,18,20). The van der Waals surface area contributed by atoms with Crippen LogP contribution in [0.15, 0.2) is 36.4 Å². The monoisotopic (exact) mass is 331 g/mol. The van der Waals surface area contributed by atoms with Gasteiger partial charge in [-0.3, -0.25) is 4.79 Å². The van der Waals surface area contributed by atoms with Crippen LogP contribution in [0.2, 0.25) is 0 Å². The van der Waals surface area contributed by atoms with Gasteiger partial charge in [-0.05, 0) is 30.7 Å². The van der Waals surface area contributed by atoms with E-state index in [2.05, 4.69) is 10.3 Å². The minimum absolute atomic E-state index is 0.0335. The van der Waals surface area contributed by atoms with Crippen molar-refractivity contribution in [3.05, 3.63) is 42.0 Å². The number of esters is 1. The molecule has 0 amide bonds. The number of carbonyl (C=O) groups is 1. The maximum absolute atomic E-state index is 11.3. The van der Waals surface area contributed by atoms with E-state index in [9.17, 15) is 4.79 Å². The van der Waals surface area contributed by atoms with Gasteiger partial charge in [-0.2, -0.15) is 4.98 Å². The van der Waals surface area contributed by atoms with Gasteiger partial charge < -0.3 is 25.3 Å². The van der Waals surface area contributed by atoms with Crippen molar-refractivity contribution < 1.29 is 19.0 Å². The number of rotatable bonds is 8. The summed E-state index contributed by atoms with van der Waals surface area (Å²) in [7, 11) is 1.62. The van der Waals surface area contributed by atoms with Crippen LogP contribution in [0.3, 0.4) is 0 Å². The van der Waals surface area contributed by atoms with Crippen molar-refractivity contribution in [2.75, 3.05) is 31.3 Å². The molecule has 1 aromatic carbocycles. The summed E-state index contributed by atoms with van der Waals surface area (Å²) in [5.74, 6) is 1.10. The molecule has 0 bridgehead atoms. The first-order valence-electron chi connectivity index (χ1n) is 7.54. The maximum atomic E-state index is 11.3. The Balaban J connectivity index is 1.90. The highest BCUT2D eigenvalue weighted by molar-refractivity contribution is 5.76. The van der Waals surface area contributed by atoms with Crippen molar-refractivity contribution in [1.82, 2.24) is 4.98 Å². The molecule has 3 N–H and O–H groups in total. The largest absolute Gasteiger partial charge is 0.497 e. The van der Waals surface area contributed by atoms with E-state index in [0.29, 0.717) is 24.8 Å². The number of benzene rings is 1. The summed E-state index contributed by atoms with van der Waals surface area (Å²) in [5.41, 5.74) is 7.41. The SMILES string of the molecule is CCOC(=O)CNc1ccc(OCc2ccc(OC)cc2)nc1N. The number of hydrogen-bond donors (Lipinski definition) is 2. The van der Waals surface area contributed by atoms with E-state index in [1.165, 1.54) is 0 Å². The van der Waals surface area contributed by atoms with Crippen LogP contribution in [-0.2, 0) is 16.1 Å². The lowest BCUT2D eigenvalue weighted by Gasteiger charge is -2.11. The van der Waals surface area contributed by atoms with Gasteiger partial charge in [-0.25, -0.2) is 0 Å². The molecule has 2 rings (SSSR count). The number of hydrogen-bond acceptors (Lipinski definition) is 7. The number of nitrogens with one attached hydrogen (secondary N) is 1. The smallest absolute Gasteiger partial charge is 0.325 e. The summed E-state index contributed by atoms with van der Waals surface area (Å²) in [6.07, 6.45) is 0. The van der Waals surface area contributed by atoms with Gasteiger partial charge in [0, 0.05) is 6.07 Å². The average molecular weight is 331 g/mol. The average Bonchev–Trinajstić information content (AvgIpc) is 2.60. The van der Waals surface area contributed by atoms with E-state index in [4.69, 9.17) is 19.9 Å². The highest BCUT2D eigenvalue weighted by Crippen LogP contribution is 2.21. The van der Waals surface area contributed by atoms with E-state index in [1.54, 1.807) is 26.2 Å². The van der Waals surface area contributed by atoms with E-state index in [0.717, 1.165) is 11.3 Å². The zero-order valence-corrected chi connectivity index (χ0v) is 13.7. The van der Waals surface area contributed by atoms with Gasteiger partial charge in [0.05, 0.1) is 19.4 Å². The second-order valence-electron chi connectivity index (χ2n) is 4.88. The molecule has 24 heavy (non-hydrogen) atoms. The number of pyridine rings is 1. The molecule has 0 saturated carbocycles. The third-order valence-electron chi connectivity index (χ3n) is 3.17. The minimum Gasteiger partial charge on any atom is -0.497 e. The Hall–Kier alpha value is -2.96. The zero-order valence-electron chi connectivity index (χ0n) is 13.7. The summed E-state index contributed by atoms with van der Waals surface area (Å²) >= 11 is 0. The van der Waals surface area contributed by atoms with E-state index in [-0.39, 0.29) is 18.3 Å². The summed E-state index contributed by atoms with van der Waals surface area (Å²) in [6, 6.07) is 11.0. The number of carbonyl (C=O) groups excluding carboxylic acids is 1. The number of nitrogens with two attached hydrogens (primary N) is 1. The number of ether oxygens (including phenoxy) is 3. The Morgan fingerprint density at radius 3 is 2.58 bits per heavy atom. The molecular weight excluding hydrogens is 310 g/mol. The lowest BCUT2D eigenvalue weighted by molar-refractivity contribution is -0.140. The van der Waals surface area contributed by atoms with Crippen LogP contribution in [0.5, 0.6) is 11.6 Å². The minimum atomic E-state index is -0.350. The lowest BCUT2D eigenvalue weighted by Crippen LogP contribution is -2.17.